The van der Waals surface area contributed by atoms with Gasteiger partial charge in [-0.1, -0.05) is 58.4 Å². The summed E-state index contributed by atoms with van der Waals surface area (Å²) in [5, 5.41) is 64.6. The van der Waals surface area contributed by atoms with E-state index in [1.165, 1.54) is 34.0 Å². The Kier molecular flexibility index (Phi) is 27.2. The normalized spacial score (nSPS) is 20.7. The number of nitrogens with one attached hydrogen (secondary N) is 3. The van der Waals surface area contributed by atoms with Crippen molar-refractivity contribution in [1.82, 2.24) is 44.9 Å². The third-order valence-electron chi connectivity index (χ3n) is 25.5. The van der Waals surface area contributed by atoms with Crippen molar-refractivity contribution < 1.29 is 92.8 Å². The summed E-state index contributed by atoms with van der Waals surface area (Å²) in [6.45, 7) is 29.9. The molecule has 9 aromatic heterocycles. The van der Waals surface area contributed by atoms with E-state index < -0.39 is 91.5 Å². The molecule has 0 amide bonds. The van der Waals surface area contributed by atoms with Crippen LogP contribution in [-0.2, 0) is 82.5 Å². The van der Waals surface area contributed by atoms with E-state index in [2.05, 4.69) is 82.8 Å². The number of fused-ring (bicyclic) bond motifs is 3. The molecule has 3 aliphatic heterocycles. The van der Waals surface area contributed by atoms with Crippen LogP contribution in [0.5, 0.6) is 0 Å². The largest absolute Gasteiger partial charge is 0.494 e. The summed E-state index contributed by atoms with van der Waals surface area (Å²) in [7, 11) is -3.03. The molecule has 0 unspecified atom stereocenters. The number of rotatable bonds is 15. The number of aromatic nitrogens is 9. The van der Waals surface area contributed by atoms with Crippen LogP contribution in [-0.4, -0.2) is 132 Å². The molecule has 0 saturated carbocycles. The van der Waals surface area contributed by atoms with Gasteiger partial charge in [-0.2, -0.15) is 39.5 Å². The Balaban J connectivity index is 0.000000140. The Morgan fingerprint density at radius 2 is 0.684 bits per heavy atom. The van der Waals surface area contributed by atoms with Gasteiger partial charge in [0.05, 0.1) is 82.0 Å². The molecule has 0 radical (unpaired) electrons. The highest BCUT2D eigenvalue weighted by Crippen LogP contribution is 2.50. The van der Waals surface area contributed by atoms with E-state index in [9.17, 15) is 64.9 Å². The minimum Gasteiger partial charge on any atom is -0.423 e. The van der Waals surface area contributed by atoms with Gasteiger partial charge in [0, 0.05) is 41.7 Å². The van der Waals surface area contributed by atoms with E-state index in [1.54, 1.807) is 55.0 Å². The third-order valence-corrected chi connectivity index (χ3v) is 29.5. The molecule has 8 N–H and O–H groups in total. The van der Waals surface area contributed by atoms with Gasteiger partial charge in [-0.15, -0.1) is 34.0 Å². The Morgan fingerprint density at radius 3 is 1.02 bits per heavy atom. The molecule has 3 atom stereocenters. The maximum absolute atomic E-state index is 13.2. The lowest BCUT2D eigenvalue weighted by atomic mass is 9.49. The first-order chi connectivity index (χ1) is 62.2. The van der Waals surface area contributed by atoms with Crippen molar-refractivity contribution in [3.63, 3.8) is 0 Å². The first kappa shape index (κ1) is 98.0. The van der Waals surface area contributed by atoms with Gasteiger partial charge in [0.2, 0.25) is 0 Å². The number of nitrogens with zero attached hydrogens (tertiary/aromatic N) is 9. The van der Waals surface area contributed by atoms with Crippen LogP contribution in [0.25, 0.3) is 31.7 Å². The van der Waals surface area contributed by atoms with Gasteiger partial charge in [0.1, 0.15) is 66.7 Å². The van der Waals surface area contributed by atoms with Crippen molar-refractivity contribution in [2.45, 2.75) is 231 Å². The van der Waals surface area contributed by atoms with Gasteiger partial charge in [-0.05, 0) is 308 Å². The molecule has 12 aromatic rings. The standard InChI is InChI=1S/C31H32BF3N4O3S.C25H22BF3N4O3S.C25H20BrF3N4OS.C12H24B2O4/c1-18-13-23(38-26(14-18)39-25-16-20(10-12-36-25)31(33,34)35)24-17-37-27(43-24)30(40)11-6-7-19-15-21(8-9-22(19)30)32-41-28(2,3)29(4,5)42-32;1-14-9-19(32-22(10-14)33-21-12-16(6-8-30-21)25(27,28)29)20-13-31-23(37-20)24(34)7-2-3-15-11-17(26(35)36)4-5-18(15)24;1-14-9-19(32-22(10-14)33-21-12-16(6-8-30-21)25(27,28)29)20-13-31-23(35-20)24(34)7-2-3-15-11-17(26)4-5-18(15)24;1-9(2)10(3,4)16-13(15-9)14-17-11(5,6)12(7,8)18-14/h8-10,12-17,40H,6-7,11H2,1-5H3,(H,36,38,39);4-6,8-13,34-36H,2-3,7H2,1H3,(H,30,32,33);4-6,8-13,34H,2-3,7H2,1H3,(H,30,32,33);1-8H3/t30-;2*24-;/m111./s1. The maximum Gasteiger partial charge on any atom is 0.494 e. The Hall–Kier alpha value is -9.48. The number of alkyl halides is 9. The number of hydrogen-bond acceptors (Lipinski definition) is 26. The number of benzene rings is 3. The number of aryl methyl sites for hydroxylation is 6. The summed E-state index contributed by atoms with van der Waals surface area (Å²) in [5.41, 5.74) is 2.39. The van der Waals surface area contributed by atoms with Gasteiger partial charge >= 0.3 is 46.8 Å². The zero-order valence-electron chi connectivity index (χ0n) is 75.5. The molecule has 6 aliphatic rings. The zero-order chi connectivity index (χ0) is 95.9. The fourth-order valence-corrected chi connectivity index (χ4v) is 19.8. The van der Waals surface area contributed by atoms with Gasteiger partial charge in [0.25, 0.3) is 0 Å². The average Bonchev–Trinajstić information content (AvgIpc) is 1.70. The van der Waals surface area contributed by atoms with Gasteiger partial charge in [-0.25, -0.2) is 44.9 Å². The Labute approximate surface area is 785 Å². The van der Waals surface area contributed by atoms with Crippen molar-refractivity contribution in [3.8, 4) is 31.7 Å². The van der Waals surface area contributed by atoms with Crippen molar-refractivity contribution in [2.24, 2.45) is 0 Å². The van der Waals surface area contributed by atoms with E-state index in [1.807, 2.05) is 152 Å². The predicted molar refractivity (Wildman–Crippen MR) is 500 cm³/mol. The van der Waals surface area contributed by atoms with Crippen molar-refractivity contribution in [2.75, 3.05) is 16.0 Å². The molecule has 40 heteroatoms. The highest BCUT2D eigenvalue weighted by atomic mass is 79.9. The van der Waals surface area contributed by atoms with Crippen LogP contribution in [0, 0.1) is 20.8 Å². The maximum atomic E-state index is 13.2. The summed E-state index contributed by atoms with van der Waals surface area (Å²) < 4.78 is 155. The van der Waals surface area contributed by atoms with Crippen LogP contribution in [0.4, 0.5) is 74.4 Å². The lowest BCUT2D eigenvalue weighted by Gasteiger charge is -2.33. The molecular formula is C93H98B4BrF9N12O11S3. The van der Waals surface area contributed by atoms with Crippen molar-refractivity contribution >= 4 is 124 Å². The minimum absolute atomic E-state index is 0.0179. The molecule has 18 rings (SSSR count). The fraction of sp³-hybridized carbons (Fsp3) is 0.387. The second-order valence-electron chi connectivity index (χ2n) is 37.0. The van der Waals surface area contributed by atoms with E-state index >= 15 is 0 Å². The van der Waals surface area contributed by atoms with E-state index in [0.29, 0.717) is 97.6 Å². The first-order valence-corrected chi connectivity index (χ1v) is 46.3. The zero-order valence-corrected chi connectivity index (χ0v) is 79.5. The van der Waals surface area contributed by atoms with Gasteiger partial charge < -0.3 is 69.2 Å². The van der Waals surface area contributed by atoms with E-state index in [-0.39, 0.29) is 39.9 Å². The average molecular weight is 1950 g/mol. The molecule has 3 fully saturated rings. The van der Waals surface area contributed by atoms with Crippen LogP contribution in [0.2, 0.25) is 0 Å². The minimum atomic E-state index is -4.49. The number of anilines is 6. The third kappa shape index (κ3) is 21.1. The molecule has 12 heterocycles. The quantitative estimate of drug-likeness (QED) is 0.0349. The topological polar surface area (TPSA) is 309 Å². The SMILES string of the molecule is CC1(C)OB(B2OC(C)(C)C(C)(C)O2)OC1(C)C.Cc1cc(Nc2cc(C(F)(F)F)ccn2)nc(-c2cnc([C@@]3(O)CCCc4cc(B(O)O)ccc43)s2)c1.Cc1cc(Nc2cc(C(F)(F)F)ccn2)nc(-c2cnc([C@@]3(O)CCCc4cc(B5OC(C)(C)C(C)(C)O5)ccc43)s2)c1.Cc1cc(Nc2cc(C(F)(F)F)ccn2)nc(-c2cnc([C@@]3(O)CCCc4cc(Br)ccc43)s2)c1. The summed E-state index contributed by atoms with van der Waals surface area (Å²) in [6.07, 6.45) is 1.17. The number of pyridine rings is 6. The molecule has 0 spiro atoms. The number of aliphatic hydroxyl groups is 3. The van der Waals surface area contributed by atoms with E-state index in [4.69, 9.17) is 27.9 Å². The van der Waals surface area contributed by atoms with Crippen LogP contribution < -0.4 is 26.9 Å². The molecule has 3 aliphatic carbocycles. The molecule has 23 nitrogen and oxygen atoms in total. The van der Waals surface area contributed by atoms with Gasteiger partial charge in [0.15, 0.2) is 0 Å². The lowest BCUT2D eigenvalue weighted by molar-refractivity contribution is -0.138. The van der Waals surface area contributed by atoms with E-state index in [0.717, 1.165) is 145 Å². The highest BCUT2D eigenvalue weighted by molar-refractivity contribution is 9.10. The summed E-state index contributed by atoms with van der Waals surface area (Å²) in [6, 6.07) is 33.2. The highest BCUT2D eigenvalue weighted by Gasteiger charge is 2.64. The summed E-state index contributed by atoms with van der Waals surface area (Å²) >= 11 is 7.49. The Bertz CT molecular complexity index is 6250. The second-order valence-corrected chi connectivity index (χ2v) is 41.0. The first-order valence-electron chi connectivity index (χ1n) is 43.1. The number of thiazole rings is 3. The lowest BCUT2D eigenvalue weighted by Crippen LogP contribution is -2.41. The smallest absolute Gasteiger partial charge is 0.423 e. The number of hydrogen-bond donors (Lipinski definition) is 8. The Morgan fingerprint density at radius 1 is 0.376 bits per heavy atom. The van der Waals surface area contributed by atoms with Crippen LogP contribution in [0.1, 0.15) is 203 Å². The monoisotopic (exact) mass is 1950 g/mol. The second kappa shape index (κ2) is 36.9. The van der Waals surface area contributed by atoms with Crippen molar-refractivity contribution in [1.29, 1.82) is 0 Å². The molecule has 3 saturated heterocycles. The predicted octanol–water partition coefficient (Wildman–Crippen LogP) is 19.7. The number of halogens is 10. The molecular weight excluding hydrogens is 1850 g/mol. The van der Waals surface area contributed by atoms with Crippen molar-refractivity contribution in [3.05, 3.63) is 251 Å². The summed E-state index contributed by atoms with van der Waals surface area (Å²) in [5.74, 6) is 1.16. The van der Waals surface area contributed by atoms with Crippen LogP contribution in [0.15, 0.2) is 169 Å². The van der Waals surface area contributed by atoms with Crippen LogP contribution >= 0.6 is 49.9 Å². The fourth-order valence-electron chi connectivity index (χ4n) is 16.3. The van der Waals surface area contributed by atoms with Gasteiger partial charge in [-0.3, -0.25) is 0 Å². The molecule has 3 aromatic carbocycles. The molecule has 0 bridgehead atoms. The van der Waals surface area contributed by atoms with Crippen LogP contribution in [0.3, 0.4) is 0 Å². The summed E-state index contributed by atoms with van der Waals surface area (Å²) in [4.78, 5) is 41.6. The molecule has 133 heavy (non-hydrogen) atoms. The molecule has 696 valence electrons.